The SMILES string of the molecule is CCOc1ccccc1C(=S)N1CC[NH+](CC)CC1. The number of piperazine rings is 1. The lowest BCUT2D eigenvalue weighted by atomic mass is 10.1. The molecule has 1 aromatic carbocycles. The molecule has 1 aliphatic rings. The van der Waals surface area contributed by atoms with Gasteiger partial charge in [0, 0.05) is 0 Å². The summed E-state index contributed by atoms with van der Waals surface area (Å²) in [6.45, 7) is 10.6. The van der Waals surface area contributed by atoms with E-state index in [4.69, 9.17) is 17.0 Å². The zero-order chi connectivity index (χ0) is 13.7. The molecule has 0 radical (unpaired) electrons. The number of hydrogen-bond donors (Lipinski definition) is 1. The van der Waals surface area contributed by atoms with Gasteiger partial charge in [0.1, 0.15) is 10.7 Å². The van der Waals surface area contributed by atoms with Crippen molar-refractivity contribution in [2.75, 3.05) is 39.3 Å². The number of hydrogen-bond acceptors (Lipinski definition) is 2. The zero-order valence-corrected chi connectivity index (χ0v) is 12.6. The van der Waals surface area contributed by atoms with Crippen molar-refractivity contribution in [2.45, 2.75) is 13.8 Å². The third-order valence-electron chi connectivity index (χ3n) is 3.68. The summed E-state index contributed by atoms with van der Waals surface area (Å²) in [6, 6.07) is 8.08. The van der Waals surface area contributed by atoms with E-state index >= 15 is 0 Å². The van der Waals surface area contributed by atoms with E-state index in [1.807, 2.05) is 25.1 Å². The van der Waals surface area contributed by atoms with Crippen molar-refractivity contribution in [3.05, 3.63) is 29.8 Å². The molecule has 1 aliphatic heterocycles. The molecule has 0 aliphatic carbocycles. The molecular formula is C15H23N2OS+. The third-order valence-corrected chi connectivity index (χ3v) is 4.15. The van der Waals surface area contributed by atoms with E-state index < -0.39 is 0 Å². The molecule has 0 atom stereocenters. The number of para-hydroxylation sites is 1. The summed E-state index contributed by atoms with van der Waals surface area (Å²) < 4.78 is 5.67. The maximum atomic E-state index is 5.67. The number of rotatable bonds is 4. The summed E-state index contributed by atoms with van der Waals surface area (Å²) in [6.07, 6.45) is 0. The summed E-state index contributed by atoms with van der Waals surface area (Å²) in [5, 5.41) is 0. The molecule has 1 saturated heterocycles. The van der Waals surface area contributed by atoms with Crippen LogP contribution in [0.25, 0.3) is 0 Å². The van der Waals surface area contributed by atoms with Crippen LogP contribution in [0.3, 0.4) is 0 Å². The van der Waals surface area contributed by atoms with E-state index in [1.165, 1.54) is 19.6 Å². The maximum absolute atomic E-state index is 5.67. The molecule has 2 rings (SSSR count). The molecule has 4 heteroatoms. The molecule has 104 valence electrons. The van der Waals surface area contributed by atoms with Crippen LogP contribution in [0.15, 0.2) is 24.3 Å². The highest BCUT2D eigenvalue weighted by Crippen LogP contribution is 2.20. The first-order chi connectivity index (χ1) is 9.26. The van der Waals surface area contributed by atoms with Gasteiger partial charge in [-0.05, 0) is 26.0 Å². The van der Waals surface area contributed by atoms with Crippen LogP contribution < -0.4 is 9.64 Å². The predicted molar refractivity (Wildman–Crippen MR) is 82.1 cm³/mol. The lowest BCUT2D eigenvalue weighted by Gasteiger charge is -2.33. The minimum absolute atomic E-state index is 0.674. The fourth-order valence-corrected chi connectivity index (χ4v) is 2.83. The Morgan fingerprint density at radius 2 is 1.95 bits per heavy atom. The van der Waals surface area contributed by atoms with Gasteiger partial charge < -0.3 is 14.5 Å². The molecule has 1 fully saturated rings. The Balaban J connectivity index is 2.07. The van der Waals surface area contributed by atoms with Crippen LogP contribution in [0, 0.1) is 0 Å². The molecule has 0 saturated carbocycles. The van der Waals surface area contributed by atoms with Gasteiger partial charge >= 0.3 is 0 Å². The van der Waals surface area contributed by atoms with Crippen LogP contribution >= 0.6 is 12.2 Å². The molecule has 3 nitrogen and oxygen atoms in total. The fourth-order valence-electron chi connectivity index (χ4n) is 2.47. The van der Waals surface area contributed by atoms with Gasteiger partial charge in [-0.2, -0.15) is 0 Å². The molecule has 0 amide bonds. The normalized spacial score (nSPS) is 16.4. The van der Waals surface area contributed by atoms with Gasteiger partial charge in [0.2, 0.25) is 0 Å². The van der Waals surface area contributed by atoms with Crippen molar-refractivity contribution in [3.63, 3.8) is 0 Å². The van der Waals surface area contributed by atoms with Crippen LogP contribution in [0.4, 0.5) is 0 Å². The van der Waals surface area contributed by atoms with Crippen LogP contribution in [0.2, 0.25) is 0 Å². The van der Waals surface area contributed by atoms with Crippen LogP contribution in [-0.4, -0.2) is 49.2 Å². The van der Waals surface area contributed by atoms with Gasteiger partial charge in [-0.15, -0.1) is 0 Å². The lowest BCUT2D eigenvalue weighted by molar-refractivity contribution is -0.902. The van der Waals surface area contributed by atoms with Crippen molar-refractivity contribution in [2.24, 2.45) is 0 Å². The summed E-state index contributed by atoms with van der Waals surface area (Å²) in [5.41, 5.74) is 1.05. The number of ether oxygens (including phenoxy) is 1. The van der Waals surface area contributed by atoms with Crippen LogP contribution in [0.5, 0.6) is 5.75 Å². The van der Waals surface area contributed by atoms with Gasteiger partial charge in [0.05, 0.1) is 44.9 Å². The van der Waals surface area contributed by atoms with Crippen molar-refractivity contribution < 1.29 is 9.64 Å². The number of thiocarbonyl (C=S) groups is 1. The highest BCUT2D eigenvalue weighted by molar-refractivity contribution is 7.80. The second kappa shape index (κ2) is 6.87. The predicted octanol–water partition coefficient (Wildman–Crippen LogP) is 0.981. The second-order valence-electron chi connectivity index (χ2n) is 4.82. The fraction of sp³-hybridized carbons (Fsp3) is 0.533. The Morgan fingerprint density at radius 3 is 2.58 bits per heavy atom. The maximum Gasteiger partial charge on any atom is 0.129 e. The number of likely N-dealkylation sites (N-methyl/N-ethyl adjacent to an activating group) is 1. The van der Waals surface area contributed by atoms with E-state index in [9.17, 15) is 0 Å². The molecule has 0 aromatic heterocycles. The number of nitrogens with one attached hydrogen (secondary N) is 1. The Morgan fingerprint density at radius 1 is 1.26 bits per heavy atom. The van der Waals surface area contributed by atoms with Crippen molar-refractivity contribution in [3.8, 4) is 5.75 Å². The zero-order valence-electron chi connectivity index (χ0n) is 11.8. The average molecular weight is 279 g/mol. The quantitative estimate of drug-likeness (QED) is 0.828. The Bertz CT molecular complexity index is 428. The monoisotopic (exact) mass is 279 g/mol. The molecule has 1 aromatic rings. The third kappa shape index (κ3) is 3.45. The molecule has 19 heavy (non-hydrogen) atoms. The van der Waals surface area contributed by atoms with Crippen LogP contribution in [0.1, 0.15) is 19.4 Å². The summed E-state index contributed by atoms with van der Waals surface area (Å²) in [7, 11) is 0. The Labute approximate surface area is 121 Å². The summed E-state index contributed by atoms with van der Waals surface area (Å²) >= 11 is 5.65. The van der Waals surface area contributed by atoms with Crippen molar-refractivity contribution >= 4 is 17.2 Å². The van der Waals surface area contributed by atoms with E-state index in [2.05, 4.69) is 17.9 Å². The number of benzene rings is 1. The minimum Gasteiger partial charge on any atom is -0.493 e. The van der Waals surface area contributed by atoms with E-state index in [-0.39, 0.29) is 0 Å². The highest BCUT2D eigenvalue weighted by Gasteiger charge is 2.22. The topological polar surface area (TPSA) is 16.9 Å². The second-order valence-corrected chi connectivity index (χ2v) is 5.21. The highest BCUT2D eigenvalue weighted by atomic mass is 32.1. The van der Waals surface area contributed by atoms with E-state index in [1.54, 1.807) is 4.90 Å². The molecule has 0 unspecified atom stereocenters. The van der Waals surface area contributed by atoms with E-state index in [0.29, 0.717) is 6.61 Å². The van der Waals surface area contributed by atoms with E-state index in [0.717, 1.165) is 29.4 Å². The first-order valence-corrected chi connectivity index (χ1v) is 7.51. The standard InChI is InChI=1S/C15H22N2OS/c1-3-16-9-11-17(12-10-16)15(19)13-7-5-6-8-14(13)18-4-2/h5-8H,3-4,9-12H2,1-2H3/p+1. The van der Waals surface area contributed by atoms with Crippen molar-refractivity contribution in [1.29, 1.82) is 0 Å². The molecule has 1 N–H and O–H groups in total. The van der Waals surface area contributed by atoms with Gasteiger partial charge in [0.15, 0.2) is 0 Å². The minimum atomic E-state index is 0.674. The summed E-state index contributed by atoms with van der Waals surface area (Å²) in [5.74, 6) is 0.903. The van der Waals surface area contributed by atoms with Gasteiger partial charge in [-0.1, -0.05) is 24.4 Å². The molecule has 1 heterocycles. The summed E-state index contributed by atoms with van der Waals surface area (Å²) in [4.78, 5) is 4.91. The average Bonchev–Trinajstić information content (AvgIpc) is 2.47. The van der Waals surface area contributed by atoms with Gasteiger partial charge in [0.25, 0.3) is 0 Å². The molecular weight excluding hydrogens is 256 g/mol. The largest absolute Gasteiger partial charge is 0.493 e. The number of quaternary nitrogens is 1. The van der Waals surface area contributed by atoms with Gasteiger partial charge in [-0.3, -0.25) is 0 Å². The first kappa shape index (κ1) is 14.3. The lowest BCUT2D eigenvalue weighted by Crippen LogP contribution is -3.14. The van der Waals surface area contributed by atoms with Gasteiger partial charge in [-0.25, -0.2) is 0 Å². The number of nitrogens with zero attached hydrogens (tertiary/aromatic N) is 1. The smallest absolute Gasteiger partial charge is 0.129 e. The Hall–Kier alpha value is -1.13. The van der Waals surface area contributed by atoms with Crippen molar-refractivity contribution in [1.82, 2.24) is 4.90 Å². The first-order valence-electron chi connectivity index (χ1n) is 7.11. The van der Waals surface area contributed by atoms with Crippen LogP contribution in [-0.2, 0) is 0 Å². The Kier molecular flexibility index (Phi) is 5.16. The molecule has 0 spiro atoms. The molecule has 0 bridgehead atoms.